The maximum Gasteiger partial charge on any atom is 0.187 e. The SMILES string of the molecule is Cc1ccc(-c2nnnn2-c2cccc(Cl)c2)cc1N. The highest BCUT2D eigenvalue weighted by molar-refractivity contribution is 6.30. The number of aromatic nitrogens is 4. The largest absolute Gasteiger partial charge is 0.398 e. The molecule has 0 aliphatic rings. The van der Waals surface area contributed by atoms with Gasteiger partial charge in [-0.2, -0.15) is 4.68 Å². The second-order valence-electron chi connectivity index (χ2n) is 4.47. The molecule has 0 spiro atoms. The van der Waals surface area contributed by atoms with Gasteiger partial charge in [0.1, 0.15) is 0 Å². The van der Waals surface area contributed by atoms with Crippen LogP contribution in [0, 0.1) is 6.92 Å². The van der Waals surface area contributed by atoms with Crippen molar-refractivity contribution >= 4 is 17.3 Å². The molecule has 3 aromatic rings. The van der Waals surface area contributed by atoms with Gasteiger partial charge < -0.3 is 5.73 Å². The second-order valence-corrected chi connectivity index (χ2v) is 4.90. The first-order chi connectivity index (χ1) is 9.65. The zero-order chi connectivity index (χ0) is 14.1. The van der Waals surface area contributed by atoms with Crippen molar-refractivity contribution < 1.29 is 0 Å². The van der Waals surface area contributed by atoms with E-state index in [0.29, 0.717) is 16.5 Å². The Morgan fingerprint density at radius 1 is 1.15 bits per heavy atom. The Balaban J connectivity index is 2.12. The molecule has 5 nitrogen and oxygen atoms in total. The molecule has 0 amide bonds. The molecule has 3 rings (SSSR count). The number of nitrogens with zero attached hydrogens (tertiary/aromatic N) is 4. The van der Waals surface area contributed by atoms with Gasteiger partial charge in [0.25, 0.3) is 0 Å². The van der Waals surface area contributed by atoms with Gasteiger partial charge in [-0.3, -0.25) is 0 Å². The molecule has 1 aromatic heterocycles. The molecule has 6 heteroatoms. The lowest BCUT2D eigenvalue weighted by Gasteiger charge is -2.06. The number of nitrogens with two attached hydrogens (primary N) is 1. The summed E-state index contributed by atoms with van der Waals surface area (Å²) >= 11 is 6.00. The van der Waals surface area contributed by atoms with Crippen LogP contribution in [0.4, 0.5) is 5.69 Å². The number of benzene rings is 2. The molecule has 100 valence electrons. The zero-order valence-corrected chi connectivity index (χ0v) is 11.5. The molecule has 20 heavy (non-hydrogen) atoms. The van der Waals surface area contributed by atoms with E-state index in [-0.39, 0.29) is 0 Å². The van der Waals surface area contributed by atoms with Crippen molar-refractivity contribution in [1.29, 1.82) is 0 Å². The summed E-state index contributed by atoms with van der Waals surface area (Å²) in [5.74, 6) is 0.624. The minimum absolute atomic E-state index is 0.624. The molecule has 0 aliphatic heterocycles. The van der Waals surface area contributed by atoms with Crippen LogP contribution in [0.1, 0.15) is 5.56 Å². The Hall–Kier alpha value is -2.40. The van der Waals surface area contributed by atoms with Crippen LogP contribution >= 0.6 is 11.6 Å². The Morgan fingerprint density at radius 2 is 2.00 bits per heavy atom. The first-order valence-electron chi connectivity index (χ1n) is 6.06. The van der Waals surface area contributed by atoms with Gasteiger partial charge in [-0.05, 0) is 47.2 Å². The normalized spacial score (nSPS) is 10.7. The van der Waals surface area contributed by atoms with Crippen LogP contribution in [-0.4, -0.2) is 20.2 Å². The third-order valence-electron chi connectivity index (χ3n) is 3.06. The third kappa shape index (κ3) is 2.23. The van der Waals surface area contributed by atoms with Crippen LogP contribution in [0.2, 0.25) is 5.02 Å². The van der Waals surface area contributed by atoms with Crippen LogP contribution in [0.25, 0.3) is 17.1 Å². The molecule has 2 N–H and O–H groups in total. The number of rotatable bonds is 2. The number of hydrogen-bond acceptors (Lipinski definition) is 4. The minimum Gasteiger partial charge on any atom is -0.398 e. The maximum atomic E-state index is 6.00. The lowest BCUT2D eigenvalue weighted by Crippen LogP contribution is -2.00. The number of halogens is 1. The number of anilines is 1. The molecule has 0 unspecified atom stereocenters. The summed E-state index contributed by atoms with van der Waals surface area (Å²) in [5.41, 5.74) is 9.34. The molecule has 0 atom stereocenters. The quantitative estimate of drug-likeness (QED) is 0.735. The van der Waals surface area contributed by atoms with Gasteiger partial charge in [0.05, 0.1) is 5.69 Å². The third-order valence-corrected chi connectivity index (χ3v) is 3.29. The number of nitrogen functional groups attached to an aromatic ring is 1. The van der Waals surface area contributed by atoms with Crippen LogP contribution in [0.3, 0.4) is 0 Å². The lowest BCUT2D eigenvalue weighted by atomic mass is 10.1. The van der Waals surface area contributed by atoms with Crippen LogP contribution in [-0.2, 0) is 0 Å². The van der Waals surface area contributed by atoms with Gasteiger partial charge in [0.15, 0.2) is 5.82 Å². The molecule has 0 radical (unpaired) electrons. The van der Waals surface area contributed by atoms with E-state index >= 15 is 0 Å². The van der Waals surface area contributed by atoms with Gasteiger partial charge in [-0.15, -0.1) is 5.10 Å². The summed E-state index contributed by atoms with van der Waals surface area (Å²) in [4.78, 5) is 0. The number of tetrazole rings is 1. The van der Waals surface area contributed by atoms with Crippen molar-refractivity contribution in [2.45, 2.75) is 6.92 Å². The molecule has 0 bridgehead atoms. The maximum absolute atomic E-state index is 6.00. The van der Waals surface area contributed by atoms with E-state index in [1.165, 1.54) is 0 Å². The summed E-state index contributed by atoms with van der Waals surface area (Å²) in [7, 11) is 0. The number of aryl methyl sites for hydroxylation is 1. The predicted molar refractivity (Wildman–Crippen MR) is 78.7 cm³/mol. The molecule has 2 aromatic carbocycles. The first-order valence-corrected chi connectivity index (χ1v) is 6.44. The van der Waals surface area contributed by atoms with Crippen molar-refractivity contribution in [1.82, 2.24) is 20.2 Å². The molecule has 0 saturated heterocycles. The zero-order valence-electron chi connectivity index (χ0n) is 10.8. The second kappa shape index (κ2) is 4.94. The monoisotopic (exact) mass is 285 g/mol. The fraction of sp³-hybridized carbons (Fsp3) is 0.0714. The van der Waals surface area contributed by atoms with E-state index in [2.05, 4.69) is 15.5 Å². The van der Waals surface area contributed by atoms with Crippen molar-refractivity contribution in [3.05, 3.63) is 53.1 Å². The Labute approximate surface area is 121 Å². The van der Waals surface area contributed by atoms with Crippen LogP contribution < -0.4 is 5.73 Å². The Kier molecular flexibility index (Phi) is 3.12. The molecule has 0 saturated carbocycles. The highest BCUT2D eigenvalue weighted by atomic mass is 35.5. The summed E-state index contributed by atoms with van der Waals surface area (Å²) < 4.78 is 1.63. The smallest absolute Gasteiger partial charge is 0.187 e. The average Bonchev–Trinajstić information content (AvgIpc) is 2.91. The molecular formula is C14H12ClN5. The summed E-state index contributed by atoms with van der Waals surface area (Å²) in [6.45, 7) is 1.96. The van der Waals surface area contributed by atoms with E-state index in [1.54, 1.807) is 16.8 Å². The highest BCUT2D eigenvalue weighted by Gasteiger charge is 2.11. The van der Waals surface area contributed by atoms with Gasteiger partial charge in [0.2, 0.25) is 0 Å². The summed E-state index contributed by atoms with van der Waals surface area (Å²) in [6.07, 6.45) is 0. The highest BCUT2D eigenvalue weighted by Crippen LogP contribution is 2.24. The summed E-state index contributed by atoms with van der Waals surface area (Å²) in [5, 5.41) is 12.4. The molecular weight excluding hydrogens is 274 g/mol. The van der Waals surface area contributed by atoms with Gasteiger partial charge in [0, 0.05) is 16.3 Å². The van der Waals surface area contributed by atoms with Crippen LogP contribution in [0.5, 0.6) is 0 Å². The molecule has 1 heterocycles. The fourth-order valence-electron chi connectivity index (χ4n) is 1.93. The van der Waals surface area contributed by atoms with Crippen molar-refractivity contribution in [3.8, 4) is 17.1 Å². The Bertz CT molecular complexity index is 766. The van der Waals surface area contributed by atoms with Crippen LogP contribution in [0.15, 0.2) is 42.5 Å². The van der Waals surface area contributed by atoms with E-state index in [1.807, 2.05) is 37.3 Å². The van der Waals surface area contributed by atoms with E-state index in [0.717, 1.165) is 16.8 Å². The molecule has 0 aliphatic carbocycles. The topological polar surface area (TPSA) is 69.6 Å². The fourth-order valence-corrected chi connectivity index (χ4v) is 2.11. The van der Waals surface area contributed by atoms with Gasteiger partial charge >= 0.3 is 0 Å². The van der Waals surface area contributed by atoms with Crippen molar-refractivity contribution in [2.24, 2.45) is 0 Å². The lowest BCUT2D eigenvalue weighted by molar-refractivity contribution is 0.791. The van der Waals surface area contributed by atoms with Crippen molar-refractivity contribution in [2.75, 3.05) is 5.73 Å². The number of hydrogen-bond donors (Lipinski definition) is 1. The van der Waals surface area contributed by atoms with E-state index in [4.69, 9.17) is 17.3 Å². The molecule has 0 fully saturated rings. The first kappa shape index (κ1) is 12.6. The standard InChI is InChI=1S/C14H12ClN5/c1-9-5-6-10(7-13(9)16)14-17-18-19-20(14)12-4-2-3-11(15)8-12/h2-8H,16H2,1H3. The predicted octanol–water partition coefficient (Wildman–Crippen LogP) is 2.87. The van der Waals surface area contributed by atoms with Gasteiger partial charge in [-0.25, -0.2) is 0 Å². The van der Waals surface area contributed by atoms with Crippen molar-refractivity contribution in [3.63, 3.8) is 0 Å². The minimum atomic E-state index is 0.624. The van der Waals surface area contributed by atoms with E-state index in [9.17, 15) is 0 Å². The average molecular weight is 286 g/mol. The van der Waals surface area contributed by atoms with E-state index < -0.39 is 0 Å². The summed E-state index contributed by atoms with van der Waals surface area (Å²) in [6, 6.07) is 13.1. The van der Waals surface area contributed by atoms with Gasteiger partial charge in [-0.1, -0.05) is 29.8 Å². The Morgan fingerprint density at radius 3 is 2.75 bits per heavy atom.